The molecule has 1 atom stereocenters. The molecule has 0 bridgehead atoms. The van der Waals surface area contributed by atoms with E-state index in [-0.39, 0.29) is 11.9 Å². The first kappa shape index (κ1) is 14.8. The molecule has 1 fully saturated rings. The molecule has 1 aliphatic rings. The van der Waals surface area contributed by atoms with Crippen LogP contribution >= 0.6 is 0 Å². The maximum Gasteiger partial charge on any atom is 0.317 e. The number of urea groups is 1. The number of nitrogens with two attached hydrogens (primary N) is 1. The molecular formula is C12H23N3O3. The van der Waals surface area contributed by atoms with Gasteiger partial charge in [0, 0.05) is 26.2 Å². The van der Waals surface area contributed by atoms with Crippen LogP contribution in [0, 0.1) is 11.3 Å². The first-order chi connectivity index (χ1) is 8.39. The predicted molar refractivity (Wildman–Crippen MR) is 68.2 cm³/mol. The number of likely N-dealkylation sites (tertiary alicyclic amines) is 1. The third kappa shape index (κ3) is 3.35. The minimum absolute atomic E-state index is 0.00706. The highest BCUT2D eigenvalue weighted by atomic mass is 16.4. The van der Waals surface area contributed by atoms with Crippen LogP contribution in [0.1, 0.15) is 26.7 Å². The molecule has 0 saturated carbocycles. The lowest BCUT2D eigenvalue weighted by atomic mass is 9.74. The SMILES string of the molecule is CC(C)(C(=O)O)C1CCCN(C(=O)NCCN)C1. The van der Waals surface area contributed by atoms with Gasteiger partial charge in [-0.3, -0.25) is 4.79 Å². The smallest absolute Gasteiger partial charge is 0.317 e. The number of carbonyl (C=O) groups is 2. The fraction of sp³-hybridized carbons (Fsp3) is 0.833. The molecule has 2 amide bonds. The van der Waals surface area contributed by atoms with Crippen LogP contribution in [0.5, 0.6) is 0 Å². The molecule has 0 aliphatic carbocycles. The Balaban J connectivity index is 2.61. The molecule has 1 aliphatic heterocycles. The van der Waals surface area contributed by atoms with Gasteiger partial charge in [0.15, 0.2) is 0 Å². The topological polar surface area (TPSA) is 95.7 Å². The number of piperidine rings is 1. The Morgan fingerprint density at radius 2 is 2.17 bits per heavy atom. The summed E-state index contributed by atoms with van der Waals surface area (Å²) < 4.78 is 0. The standard InChI is InChI=1S/C12H23N3O3/c1-12(2,10(16)17)9-4-3-7-15(8-9)11(18)14-6-5-13/h9H,3-8,13H2,1-2H3,(H,14,18)(H,16,17). The maximum atomic E-state index is 11.8. The van der Waals surface area contributed by atoms with Gasteiger partial charge in [-0.15, -0.1) is 0 Å². The number of nitrogens with zero attached hydrogens (tertiary/aromatic N) is 1. The Bertz CT molecular complexity index is 318. The van der Waals surface area contributed by atoms with Crippen LogP contribution in [0.4, 0.5) is 4.79 Å². The van der Waals surface area contributed by atoms with Gasteiger partial charge >= 0.3 is 12.0 Å². The van der Waals surface area contributed by atoms with Crippen molar-refractivity contribution >= 4 is 12.0 Å². The van der Waals surface area contributed by atoms with Crippen LogP contribution in [-0.4, -0.2) is 48.2 Å². The monoisotopic (exact) mass is 257 g/mol. The Morgan fingerprint density at radius 1 is 1.50 bits per heavy atom. The van der Waals surface area contributed by atoms with E-state index in [9.17, 15) is 14.7 Å². The molecule has 0 radical (unpaired) electrons. The molecule has 6 heteroatoms. The summed E-state index contributed by atoms with van der Waals surface area (Å²) in [6.45, 7) is 5.48. The number of nitrogens with one attached hydrogen (secondary N) is 1. The van der Waals surface area contributed by atoms with Crippen LogP contribution in [0.25, 0.3) is 0 Å². The van der Waals surface area contributed by atoms with Crippen LogP contribution < -0.4 is 11.1 Å². The summed E-state index contributed by atoms with van der Waals surface area (Å²) in [6, 6.07) is -0.147. The molecule has 0 aromatic rings. The number of carboxylic acid groups (broad SMARTS) is 1. The number of carbonyl (C=O) groups excluding carboxylic acids is 1. The molecule has 1 heterocycles. The second-order valence-electron chi connectivity index (χ2n) is 5.33. The Labute approximate surface area is 108 Å². The number of carboxylic acids is 1. The molecule has 104 valence electrons. The third-order valence-corrected chi connectivity index (χ3v) is 3.70. The van der Waals surface area contributed by atoms with E-state index >= 15 is 0 Å². The summed E-state index contributed by atoms with van der Waals surface area (Å²) in [5, 5.41) is 11.9. The van der Waals surface area contributed by atoms with E-state index in [0.717, 1.165) is 12.8 Å². The number of aliphatic carboxylic acids is 1. The van der Waals surface area contributed by atoms with Crippen molar-refractivity contribution in [3.05, 3.63) is 0 Å². The van der Waals surface area contributed by atoms with Gasteiger partial charge in [-0.1, -0.05) is 0 Å². The van der Waals surface area contributed by atoms with Crippen LogP contribution in [0.15, 0.2) is 0 Å². The van der Waals surface area contributed by atoms with Crippen LogP contribution in [0.2, 0.25) is 0 Å². The lowest BCUT2D eigenvalue weighted by Gasteiger charge is -2.39. The molecule has 1 unspecified atom stereocenters. The number of rotatable bonds is 4. The number of amides is 2. The molecule has 6 nitrogen and oxygen atoms in total. The predicted octanol–water partition coefficient (Wildman–Crippen LogP) is 0.478. The van der Waals surface area contributed by atoms with Crippen LogP contribution in [0.3, 0.4) is 0 Å². The van der Waals surface area contributed by atoms with E-state index < -0.39 is 11.4 Å². The minimum atomic E-state index is -0.809. The first-order valence-electron chi connectivity index (χ1n) is 6.35. The zero-order chi connectivity index (χ0) is 13.8. The van der Waals surface area contributed by atoms with Crippen molar-refractivity contribution in [3.8, 4) is 0 Å². The Hall–Kier alpha value is -1.30. The average molecular weight is 257 g/mol. The van der Waals surface area contributed by atoms with Gasteiger partial charge in [0.05, 0.1) is 5.41 Å². The second-order valence-corrected chi connectivity index (χ2v) is 5.33. The van der Waals surface area contributed by atoms with E-state index in [4.69, 9.17) is 5.73 Å². The quantitative estimate of drug-likeness (QED) is 0.682. The van der Waals surface area contributed by atoms with Crippen molar-refractivity contribution in [1.29, 1.82) is 0 Å². The summed E-state index contributed by atoms with van der Waals surface area (Å²) in [6.07, 6.45) is 1.69. The summed E-state index contributed by atoms with van der Waals surface area (Å²) >= 11 is 0. The third-order valence-electron chi connectivity index (χ3n) is 3.70. The highest BCUT2D eigenvalue weighted by Crippen LogP contribution is 2.34. The van der Waals surface area contributed by atoms with Gasteiger partial charge in [-0.05, 0) is 32.6 Å². The van der Waals surface area contributed by atoms with E-state index in [1.807, 2.05) is 0 Å². The van der Waals surface area contributed by atoms with Crippen molar-refractivity contribution in [1.82, 2.24) is 10.2 Å². The van der Waals surface area contributed by atoms with E-state index in [0.29, 0.717) is 26.2 Å². The zero-order valence-corrected chi connectivity index (χ0v) is 11.1. The minimum Gasteiger partial charge on any atom is -0.481 e. The second kappa shape index (κ2) is 6.04. The molecule has 1 rings (SSSR count). The fourth-order valence-electron chi connectivity index (χ4n) is 2.22. The van der Waals surface area contributed by atoms with Crippen molar-refractivity contribution in [2.45, 2.75) is 26.7 Å². The summed E-state index contributed by atoms with van der Waals surface area (Å²) in [5.41, 5.74) is 4.53. The van der Waals surface area contributed by atoms with Gasteiger partial charge in [0.2, 0.25) is 0 Å². The number of hydrogen-bond donors (Lipinski definition) is 3. The highest BCUT2D eigenvalue weighted by Gasteiger charge is 2.39. The van der Waals surface area contributed by atoms with Crippen molar-refractivity contribution in [2.24, 2.45) is 17.1 Å². The van der Waals surface area contributed by atoms with Crippen molar-refractivity contribution in [3.63, 3.8) is 0 Å². The maximum absolute atomic E-state index is 11.8. The average Bonchev–Trinajstić information content (AvgIpc) is 2.35. The lowest BCUT2D eigenvalue weighted by molar-refractivity contribution is -0.151. The summed E-state index contributed by atoms with van der Waals surface area (Å²) in [7, 11) is 0. The van der Waals surface area contributed by atoms with Crippen molar-refractivity contribution in [2.75, 3.05) is 26.2 Å². The molecule has 18 heavy (non-hydrogen) atoms. The van der Waals surface area contributed by atoms with E-state index in [1.165, 1.54) is 0 Å². The number of hydrogen-bond acceptors (Lipinski definition) is 3. The summed E-state index contributed by atoms with van der Waals surface area (Å²) in [4.78, 5) is 24.7. The molecule has 1 saturated heterocycles. The van der Waals surface area contributed by atoms with E-state index in [1.54, 1.807) is 18.7 Å². The normalized spacial score (nSPS) is 20.6. The van der Waals surface area contributed by atoms with Crippen LogP contribution in [-0.2, 0) is 4.79 Å². The Kier molecular flexibility index (Phi) is 4.95. The molecule has 4 N–H and O–H groups in total. The highest BCUT2D eigenvalue weighted by molar-refractivity contribution is 5.76. The summed E-state index contributed by atoms with van der Waals surface area (Å²) in [5.74, 6) is -0.816. The molecule has 0 aromatic carbocycles. The van der Waals surface area contributed by atoms with E-state index in [2.05, 4.69) is 5.32 Å². The molecular weight excluding hydrogens is 234 g/mol. The van der Waals surface area contributed by atoms with Gasteiger partial charge < -0.3 is 21.1 Å². The lowest BCUT2D eigenvalue weighted by Crippen LogP contribution is -2.50. The largest absolute Gasteiger partial charge is 0.481 e. The van der Waals surface area contributed by atoms with Gasteiger partial charge in [-0.2, -0.15) is 0 Å². The zero-order valence-electron chi connectivity index (χ0n) is 11.1. The Morgan fingerprint density at radius 3 is 2.72 bits per heavy atom. The van der Waals surface area contributed by atoms with Gasteiger partial charge in [-0.25, -0.2) is 4.79 Å². The first-order valence-corrected chi connectivity index (χ1v) is 6.35. The van der Waals surface area contributed by atoms with Crippen molar-refractivity contribution < 1.29 is 14.7 Å². The fourth-order valence-corrected chi connectivity index (χ4v) is 2.22. The molecule has 0 spiro atoms. The van der Waals surface area contributed by atoms with Gasteiger partial charge in [0.25, 0.3) is 0 Å². The van der Waals surface area contributed by atoms with Gasteiger partial charge in [0.1, 0.15) is 0 Å². The molecule has 0 aromatic heterocycles.